The van der Waals surface area contributed by atoms with Crippen LogP contribution in [0.25, 0.3) is 11.2 Å². The van der Waals surface area contributed by atoms with Crippen LogP contribution in [0, 0.1) is 0 Å². The first-order chi connectivity index (χ1) is 9.24. The fourth-order valence-electron chi connectivity index (χ4n) is 2.28. The number of imidazole rings is 1. The zero-order valence-corrected chi connectivity index (χ0v) is 10.3. The van der Waals surface area contributed by atoms with Gasteiger partial charge in [0.1, 0.15) is 18.0 Å². The third-order valence-corrected chi connectivity index (χ3v) is 3.20. The summed E-state index contributed by atoms with van der Waals surface area (Å²) < 4.78 is 21.0. The second-order valence-electron chi connectivity index (χ2n) is 4.38. The van der Waals surface area contributed by atoms with Crippen LogP contribution in [0.5, 0.6) is 0 Å². The Labute approximate surface area is 108 Å². The van der Waals surface area contributed by atoms with E-state index >= 15 is 0 Å². The second kappa shape index (κ2) is 4.71. The van der Waals surface area contributed by atoms with Crippen LogP contribution >= 0.6 is 0 Å². The third kappa shape index (κ3) is 1.92. The quantitative estimate of drug-likeness (QED) is 0.841. The van der Waals surface area contributed by atoms with Gasteiger partial charge in [0.05, 0.1) is 19.0 Å². The van der Waals surface area contributed by atoms with Crippen LogP contribution in [0.3, 0.4) is 0 Å². The first-order valence-corrected chi connectivity index (χ1v) is 6.00. The van der Waals surface area contributed by atoms with E-state index in [2.05, 4.69) is 20.3 Å². The third-order valence-electron chi connectivity index (χ3n) is 3.20. The lowest BCUT2D eigenvalue weighted by atomic mass is 10.2. The number of aromatic nitrogens is 4. The Morgan fingerprint density at radius 3 is 3.05 bits per heavy atom. The summed E-state index contributed by atoms with van der Waals surface area (Å²) in [6, 6.07) is 0. The molecule has 0 aromatic carbocycles. The smallest absolute Gasteiger partial charge is 0.168 e. The summed E-state index contributed by atoms with van der Waals surface area (Å²) in [6.45, 7) is -0.194. The summed E-state index contributed by atoms with van der Waals surface area (Å²) in [5, 5.41) is 11.9. The minimum atomic E-state index is -1.19. The van der Waals surface area contributed by atoms with Crippen molar-refractivity contribution in [3.05, 3.63) is 12.7 Å². The first-order valence-electron chi connectivity index (χ1n) is 6.00. The maximum Gasteiger partial charge on any atom is 0.168 e. The molecule has 3 heterocycles. The number of hydrogen-bond acceptors (Lipinski definition) is 6. The van der Waals surface area contributed by atoms with Crippen LogP contribution in [-0.2, 0) is 4.74 Å². The predicted molar refractivity (Wildman–Crippen MR) is 65.4 cm³/mol. The Morgan fingerprint density at radius 2 is 2.37 bits per heavy atom. The molecule has 1 saturated heterocycles. The molecule has 3 atom stereocenters. The van der Waals surface area contributed by atoms with E-state index in [-0.39, 0.29) is 13.0 Å². The number of fused-ring (bicyclic) bond motifs is 1. The molecule has 2 aromatic rings. The van der Waals surface area contributed by atoms with Crippen molar-refractivity contribution in [2.75, 3.05) is 19.0 Å². The van der Waals surface area contributed by atoms with E-state index in [4.69, 9.17) is 9.84 Å². The summed E-state index contributed by atoms with van der Waals surface area (Å²) in [5.74, 6) is 0.580. The van der Waals surface area contributed by atoms with E-state index < -0.39 is 18.5 Å². The predicted octanol–water partition coefficient (Wildman–Crippen LogP) is 0.486. The minimum absolute atomic E-state index is 0.171. The van der Waals surface area contributed by atoms with Gasteiger partial charge in [-0.3, -0.25) is 4.57 Å². The lowest BCUT2D eigenvalue weighted by molar-refractivity contribution is -0.0351. The molecule has 7 nitrogen and oxygen atoms in total. The molecule has 0 unspecified atom stereocenters. The Balaban J connectivity index is 2.02. The Morgan fingerprint density at radius 1 is 1.53 bits per heavy atom. The molecule has 0 amide bonds. The molecular weight excluding hydrogens is 253 g/mol. The van der Waals surface area contributed by atoms with Crippen LogP contribution in [0.1, 0.15) is 12.6 Å². The van der Waals surface area contributed by atoms with Gasteiger partial charge < -0.3 is 15.2 Å². The monoisotopic (exact) mass is 267 g/mol. The molecule has 0 aliphatic carbocycles. The SMILES string of the molecule is CNc1ncnc2c1ncn2[C@@H]1O[C@H](CO)C[C@H]1F. The number of rotatable bonds is 3. The Bertz CT molecular complexity index is 589. The molecule has 0 spiro atoms. The van der Waals surface area contributed by atoms with Crippen molar-refractivity contribution in [1.29, 1.82) is 0 Å². The summed E-state index contributed by atoms with van der Waals surface area (Å²) >= 11 is 0. The van der Waals surface area contributed by atoms with Gasteiger partial charge in [-0.2, -0.15) is 0 Å². The number of nitrogens with zero attached hydrogens (tertiary/aromatic N) is 4. The van der Waals surface area contributed by atoms with Crippen molar-refractivity contribution in [2.24, 2.45) is 0 Å². The maximum absolute atomic E-state index is 14.0. The molecule has 1 aliphatic rings. The fourth-order valence-corrected chi connectivity index (χ4v) is 2.28. The lowest BCUT2D eigenvalue weighted by Crippen LogP contribution is -2.16. The second-order valence-corrected chi connectivity index (χ2v) is 4.38. The van der Waals surface area contributed by atoms with E-state index in [1.54, 1.807) is 7.05 Å². The highest BCUT2D eigenvalue weighted by atomic mass is 19.1. The molecule has 2 N–H and O–H groups in total. The topological polar surface area (TPSA) is 85.1 Å². The van der Waals surface area contributed by atoms with Gasteiger partial charge in [0.15, 0.2) is 17.7 Å². The molecule has 1 fully saturated rings. The van der Waals surface area contributed by atoms with Gasteiger partial charge >= 0.3 is 0 Å². The van der Waals surface area contributed by atoms with Crippen LogP contribution < -0.4 is 5.32 Å². The summed E-state index contributed by atoms with van der Waals surface area (Å²) in [7, 11) is 1.73. The van der Waals surface area contributed by atoms with Gasteiger partial charge in [0.25, 0.3) is 0 Å². The number of aliphatic hydroxyl groups is 1. The average Bonchev–Trinajstić information content (AvgIpc) is 3.01. The Kier molecular flexibility index (Phi) is 3.03. The molecular formula is C11H14FN5O2. The summed E-state index contributed by atoms with van der Waals surface area (Å²) in [6.07, 6.45) is 0.562. The van der Waals surface area contributed by atoms with E-state index in [1.807, 2.05) is 0 Å². The number of ether oxygens (including phenoxy) is 1. The molecule has 8 heteroatoms. The van der Waals surface area contributed by atoms with Gasteiger partial charge in [-0.25, -0.2) is 19.3 Å². The van der Waals surface area contributed by atoms with Crippen LogP contribution in [-0.4, -0.2) is 50.6 Å². The van der Waals surface area contributed by atoms with Gasteiger partial charge in [-0.1, -0.05) is 0 Å². The van der Waals surface area contributed by atoms with Gasteiger partial charge in [0.2, 0.25) is 0 Å². The number of nitrogens with one attached hydrogen (secondary N) is 1. The molecule has 3 rings (SSSR count). The fraction of sp³-hybridized carbons (Fsp3) is 0.545. The first kappa shape index (κ1) is 12.2. The van der Waals surface area contributed by atoms with Crippen molar-refractivity contribution in [3.63, 3.8) is 0 Å². The highest BCUT2D eigenvalue weighted by molar-refractivity contribution is 5.82. The summed E-state index contributed by atoms with van der Waals surface area (Å²) in [5.41, 5.74) is 1.07. The molecule has 102 valence electrons. The van der Waals surface area contributed by atoms with E-state index in [0.717, 1.165) is 0 Å². The van der Waals surface area contributed by atoms with Crippen LogP contribution in [0.2, 0.25) is 0 Å². The maximum atomic E-state index is 14.0. The average molecular weight is 267 g/mol. The van der Waals surface area contributed by atoms with E-state index in [0.29, 0.717) is 17.0 Å². The zero-order valence-electron chi connectivity index (χ0n) is 10.3. The summed E-state index contributed by atoms with van der Waals surface area (Å²) in [4.78, 5) is 12.3. The molecule has 0 radical (unpaired) electrons. The zero-order chi connectivity index (χ0) is 13.4. The lowest BCUT2D eigenvalue weighted by Gasteiger charge is -2.15. The van der Waals surface area contributed by atoms with Gasteiger partial charge in [0, 0.05) is 13.5 Å². The van der Waals surface area contributed by atoms with Crippen molar-refractivity contribution in [3.8, 4) is 0 Å². The molecule has 0 saturated carbocycles. The van der Waals surface area contributed by atoms with Gasteiger partial charge in [-0.05, 0) is 0 Å². The van der Waals surface area contributed by atoms with Crippen LogP contribution in [0.15, 0.2) is 12.7 Å². The number of anilines is 1. The number of halogens is 1. The van der Waals surface area contributed by atoms with Crippen molar-refractivity contribution in [1.82, 2.24) is 19.5 Å². The molecule has 2 aromatic heterocycles. The molecule has 1 aliphatic heterocycles. The number of hydrogen-bond donors (Lipinski definition) is 2. The van der Waals surface area contributed by atoms with Crippen LogP contribution in [0.4, 0.5) is 10.2 Å². The Hall–Kier alpha value is -1.80. The normalized spacial score (nSPS) is 27.0. The highest BCUT2D eigenvalue weighted by Crippen LogP contribution is 2.33. The standard InChI is InChI=1S/C11H14FN5O2/c1-13-9-8-10(15-4-14-9)17(5-16-8)11-7(12)2-6(3-18)19-11/h4-7,11,18H,2-3H2,1H3,(H,13,14,15)/t6-,7+,11+/m0/s1. The van der Waals surface area contributed by atoms with Gasteiger partial charge in [-0.15, -0.1) is 0 Å². The largest absolute Gasteiger partial charge is 0.394 e. The number of aliphatic hydroxyl groups excluding tert-OH is 1. The highest BCUT2D eigenvalue weighted by Gasteiger charge is 2.37. The van der Waals surface area contributed by atoms with Crippen molar-refractivity contribution < 1.29 is 14.2 Å². The molecule has 0 bridgehead atoms. The molecule has 19 heavy (non-hydrogen) atoms. The van der Waals surface area contributed by atoms with Crippen molar-refractivity contribution >= 4 is 17.0 Å². The van der Waals surface area contributed by atoms with E-state index in [1.165, 1.54) is 17.2 Å². The van der Waals surface area contributed by atoms with E-state index in [9.17, 15) is 4.39 Å². The van der Waals surface area contributed by atoms with Crippen molar-refractivity contribution in [2.45, 2.75) is 24.9 Å². The minimum Gasteiger partial charge on any atom is -0.394 e. The number of alkyl halides is 1.